The molecule has 1 aromatic carbocycles. The number of rotatable bonds is 3. The Morgan fingerprint density at radius 1 is 1.13 bits per heavy atom. The number of para-hydroxylation sites is 1. The Morgan fingerprint density at radius 3 is 2.87 bits per heavy atom. The highest BCUT2D eigenvalue weighted by Gasteiger charge is 2.16. The molecule has 0 saturated heterocycles. The number of carbonyl (C=O) groups is 1. The third-order valence-electron chi connectivity index (χ3n) is 3.76. The van der Waals surface area contributed by atoms with Crippen LogP contribution < -0.4 is 5.32 Å². The van der Waals surface area contributed by atoms with Crippen LogP contribution in [0.5, 0.6) is 0 Å². The average Bonchev–Trinajstić information content (AvgIpc) is 3.15. The minimum atomic E-state index is -0.227. The summed E-state index contributed by atoms with van der Waals surface area (Å²) >= 11 is 0. The first kappa shape index (κ1) is 13.4. The van der Waals surface area contributed by atoms with Gasteiger partial charge < -0.3 is 5.32 Å². The van der Waals surface area contributed by atoms with Gasteiger partial charge in [0.2, 0.25) is 0 Å². The fourth-order valence-electron chi connectivity index (χ4n) is 2.64. The number of nitrogens with one attached hydrogen (secondary N) is 1. The molecule has 7 nitrogen and oxygen atoms in total. The van der Waals surface area contributed by atoms with Gasteiger partial charge in [0.15, 0.2) is 17.2 Å². The van der Waals surface area contributed by atoms with Crippen LogP contribution in [0, 0.1) is 0 Å². The number of hydrogen-bond acceptors (Lipinski definition) is 4. The quantitative estimate of drug-likeness (QED) is 0.623. The molecule has 0 spiro atoms. The molecular formula is C16H14N6O. The molecule has 114 valence electrons. The fraction of sp³-hybridized carbons (Fsp3) is 0.125. The minimum absolute atomic E-state index is 0.227. The maximum absolute atomic E-state index is 12.5. The largest absolute Gasteiger partial charge is 0.343 e. The van der Waals surface area contributed by atoms with Gasteiger partial charge in [-0.3, -0.25) is 13.9 Å². The van der Waals surface area contributed by atoms with Crippen LogP contribution in [0.2, 0.25) is 0 Å². The van der Waals surface area contributed by atoms with E-state index in [-0.39, 0.29) is 12.5 Å². The summed E-state index contributed by atoms with van der Waals surface area (Å²) in [5.41, 5.74) is 2.09. The summed E-state index contributed by atoms with van der Waals surface area (Å²) in [7, 11) is 1.82. The average molecular weight is 306 g/mol. The lowest BCUT2D eigenvalue weighted by Gasteiger charge is -2.02. The molecule has 0 aliphatic rings. The SMILES string of the molecule is Cn1nc(C(=O)NCc2nnc3ccccn23)c2ccccc21. The van der Waals surface area contributed by atoms with E-state index in [4.69, 9.17) is 0 Å². The van der Waals surface area contributed by atoms with Gasteiger partial charge in [0.25, 0.3) is 5.91 Å². The van der Waals surface area contributed by atoms with E-state index >= 15 is 0 Å². The molecule has 0 saturated carbocycles. The Bertz CT molecular complexity index is 1020. The molecule has 0 radical (unpaired) electrons. The summed E-state index contributed by atoms with van der Waals surface area (Å²) in [6, 6.07) is 13.3. The Morgan fingerprint density at radius 2 is 1.96 bits per heavy atom. The number of aryl methyl sites for hydroxylation is 1. The number of benzene rings is 1. The van der Waals surface area contributed by atoms with Crippen molar-refractivity contribution in [2.45, 2.75) is 6.54 Å². The number of fused-ring (bicyclic) bond motifs is 2. The van der Waals surface area contributed by atoms with Crippen molar-refractivity contribution in [3.8, 4) is 0 Å². The van der Waals surface area contributed by atoms with Crippen molar-refractivity contribution in [3.63, 3.8) is 0 Å². The third-order valence-corrected chi connectivity index (χ3v) is 3.76. The first-order valence-electron chi connectivity index (χ1n) is 7.22. The van der Waals surface area contributed by atoms with Crippen molar-refractivity contribution in [1.82, 2.24) is 29.7 Å². The zero-order chi connectivity index (χ0) is 15.8. The topological polar surface area (TPSA) is 77.1 Å². The highest BCUT2D eigenvalue weighted by Crippen LogP contribution is 2.17. The van der Waals surface area contributed by atoms with E-state index < -0.39 is 0 Å². The lowest BCUT2D eigenvalue weighted by atomic mass is 10.2. The highest BCUT2D eigenvalue weighted by molar-refractivity contribution is 6.04. The molecule has 4 aromatic rings. The van der Waals surface area contributed by atoms with Crippen molar-refractivity contribution >= 4 is 22.5 Å². The van der Waals surface area contributed by atoms with E-state index in [0.29, 0.717) is 11.5 Å². The molecule has 3 aromatic heterocycles. The van der Waals surface area contributed by atoms with Crippen molar-refractivity contribution in [1.29, 1.82) is 0 Å². The first-order chi connectivity index (χ1) is 11.2. The van der Waals surface area contributed by atoms with Gasteiger partial charge in [-0.15, -0.1) is 10.2 Å². The van der Waals surface area contributed by atoms with Gasteiger partial charge in [-0.05, 0) is 18.2 Å². The smallest absolute Gasteiger partial charge is 0.272 e. The maximum Gasteiger partial charge on any atom is 0.272 e. The summed E-state index contributed by atoms with van der Waals surface area (Å²) in [4.78, 5) is 12.5. The number of nitrogens with zero attached hydrogens (tertiary/aromatic N) is 5. The van der Waals surface area contributed by atoms with Gasteiger partial charge >= 0.3 is 0 Å². The summed E-state index contributed by atoms with van der Waals surface area (Å²) in [6.45, 7) is 0.287. The van der Waals surface area contributed by atoms with Gasteiger partial charge in [-0.25, -0.2) is 0 Å². The highest BCUT2D eigenvalue weighted by atomic mass is 16.1. The second-order valence-corrected chi connectivity index (χ2v) is 5.22. The van der Waals surface area contributed by atoms with Gasteiger partial charge in [0, 0.05) is 18.6 Å². The lowest BCUT2D eigenvalue weighted by Crippen LogP contribution is -2.24. The lowest BCUT2D eigenvalue weighted by molar-refractivity contribution is 0.0945. The molecule has 23 heavy (non-hydrogen) atoms. The van der Waals surface area contributed by atoms with Gasteiger partial charge in [0.05, 0.1) is 12.1 Å². The summed E-state index contributed by atoms with van der Waals surface area (Å²) in [5, 5.41) is 16.2. The van der Waals surface area contributed by atoms with E-state index in [1.165, 1.54) is 0 Å². The number of carbonyl (C=O) groups excluding carboxylic acids is 1. The molecule has 3 heterocycles. The number of pyridine rings is 1. The van der Waals surface area contributed by atoms with Gasteiger partial charge in [-0.1, -0.05) is 24.3 Å². The van der Waals surface area contributed by atoms with E-state index in [2.05, 4.69) is 20.6 Å². The third kappa shape index (κ3) is 2.22. The van der Waals surface area contributed by atoms with Crippen LogP contribution in [0.3, 0.4) is 0 Å². The first-order valence-corrected chi connectivity index (χ1v) is 7.22. The number of amides is 1. The second kappa shape index (κ2) is 5.20. The predicted molar refractivity (Wildman–Crippen MR) is 84.9 cm³/mol. The summed E-state index contributed by atoms with van der Waals surface area (Å²) in [6.07, 6.45) is 1.87. The maximum atomic E-state index is 12.5. The van der Waals surface area contributed by atoms with Crippen LogP contribution >= 0.6 is 0 Å². The molecule has 0 atom stereocenters. The molecule has 0 unspecified atom stereocenters. The molecular weight excluding hydrogens is 292 g/mol. The van der Waals surface area contributed by atoms with E-state index in [9.17, 15) is 4.79 Å². The Labute approximate surface area is 131 Å². The van der Waals surface area contributed by atoms with Crippen LogP contribution in [0.25, 0.3) is 16.6 Å². The fourth-order valence-corrected chi connectivity index (χ4v) is 2.64. The molecule has 0 aliphatic heterocycles. The molecule has 1 amide bonds. The number of aromatic nitrogens is 5. The molecule has 1 N–H and O–H groups in total. The van der Waals surface area contributed by atoms with Crippen molar-refractivity contribution in [3.05, 3.63) is 60.2 Å². The van der Waals surface area contributed by atoms with Crippen molar-refractivity contribution < 1.29 is 4.79 Å². The summed E-state index contributed by atoms with van der Waals surface area (Å²) < 4.78 is 3.55. The molecule has 4 rings (SSSR count). The standard InChI is InChI=1S/C16H14N6O/c1-21-12-7-3-2-6-11(12)15(20-21)16(23)17-10-14-19-18-13-8-4-5-9-22(13)14/h2-9H,10H2,1H3,(H,17,23). The molecule has 7 heteroatoms. The van der Waals surface area contributed by atoms with Crippen LogP contribution in [0.1, 0.15) is 16.3 Å². The van der Waals surface area contributed by atoms with Gasteiger partial charge in [-0.2, -0.15) is 5.10 Å². The Balaban J connectivity index is 1.60. The van der Waals surface area contributed by atoms with E-state index in [1.54, 1.807) is 4.68 Å². The molecule has 0 fully saturated rings. The van der Waals surface area contributed by atoms with Crippen LogP contribution in [0.15, 0.2) is 48.7 Å². The van der Waals surface area contributed by atoms with Crippen LogP contribution in [-0.4, -0.2) is 30.3 Å². The van der Waals surface area contributed by atoms with Crippen molar-refractivity contribution in [2.75, 3.05) is 0 Å². The second-order valence-electron chi connectivity index (χ2n) is 5.22. The molecule has 0 bridgehead atoms. The summed E-state index contributed by atoms with van der Waals surface area (Å²) in [5.74, 6) is 0.448. The van der Waals surface area contributed by atoms with E-state index in [1.807, 2.05) is 60.1 Å². The van der Waals surface area contributed by atoms with Crippen LogP contribution in [-0.2, 0) is 13.6 Å². The minimum Gasteiger partial charge on any atom is -0.343 e. The molecule has 0 aliphatic carbocycles. The Kier molecular flexibility index (Phi) is 3.04. The zero-order valence-corrected chi connectivity index (χ0v) is 12.5. The Hall–Kier alpha value is -3.22. The van der Waals surface area contributed by atoms with E-state index in [0.717, 1.165) is 16.6 Å². The monoisotopic (exact) mass is 306 g/mol. The van der Waals surface area contributed by atoms with Gasteiger partial charge in [0.1, 0.15) is 0 Å². The van der Waals surface area contributed by atoms with Crippen molar-refractivity contribution in [2.24, 2.45) is 7.05 Å². The van der Waals surface area contributed by atoms with Crippen LogP contribution in [0.4, 0.5) is 0 Å². The predicted octanol–water partition coefficient (Wildman–Crippen LogP) is 1.55. The zero-order valence-electron chi connectivity index (χ0n) is 12.5. The normalized spacial score (nSPS) is 11.2. The number of hydrogen-bond donors (Lipinski definition) is 1.